The second-order valence-corrected chi connectivity index (χ2v) is 6.30. The van der Waals surface area contributed by atoms with E-state index in [2.05, 4.69) is 5.32 Å². The van der Waals surface area contributed by atoms with Crippen LogP contribution in [0.3, 0.4) is 0 Å². The van der Waals surface area contributed by atoms with Crippen molar-refractivity contribution in [2.24, 2.45) is 17.4 Å². The summed E-state index contributed by atoms with van der Waals surface area (Å²) in [5, 5.41) is 3.03. The van der Waals surface area contributed by atoms with Gasteiger partial charge in [-0.15, -0.1) is 0 Å². The summed E-state index contributed by atoms with van der Waals surface area (Å²) in [5.74, 6) is 0.459. The number of hydrogen-bond donors (Lipinski definition) is 3. The van der Waals surface area contributed by atoms with Gasteiger partial charge in [-0.1, -0.05) is 25.3 Å². The second kappa shape index (κ2) is 9.27. The summed E-state index contributed by atoms with van der Waals surface area (Å²) in [6.45, 7) is 0.716. The Morgan fingerprint density at radius 1 is 1.25 bits per heavy atom. The van der Waals surface area contributed by atoms with Crippen molar-refractivity contribution in [1.82, 2.24) is 5.32 Å². The molecule has 5 N–H and O–H groups in total. The zero-order valence-corrected chi connectivity index (χ0v) is 14.0. The van der Waals surface area contributed by atoms with Crippen molar-refractivity contribution >= 4 is 11.8 Å². The molecule has 2 amide bonds. The molecule has 6 heteroatoms. The van der Waals surface area contributed by atoms with E-state index in [-0.39, 0.29) is 25.0 Å². The molecule has 0 aliphatic heterocycles. The van der Waals surface area contributed by atoms with Crippen LogP contribution in [0.5, 0.6) is 5.75 Å². The van der Waals surface area contributed by atoms with Gasteiger partial charge in [0.2, 0.25) is 11.8 Å². The van der Waals surface area contributed by atoms with Crippen LogP contribution in [0.1, 0.15) is 48.9 Å². The van der Waals surface area contributed by atoms with Gasteiger partial charge < -0.3 is 21.5 Å². The first kappa shape index (κ1) is 18.3. The topological polar surface area (TPSA) is 107 Å². The first-order valence-corrected chi connectivity index (χ1v) is 8.62. The SMILES string of the molecule is NCC(NC(=O)CCOc1cccc(C(N)=O)c1)C1CCCCC1. The van der Waals surface area contributed by atoms with Crippen LogP contribution >= 0.6 is 0 Å². The summed E-state index contributed by atoms with van der Waals surface area (Å²) in [7, 11) is 0. The maximum absolute atomic E-state index is 12.1. The largest absolute Gasteiger partial charge is 0.493 e. The fraction of sp³-hybridized carbons (Fsp3) is 0.556. The zero-order chi connectivity index (χ0) is 17.4. The van der Waals surface area contributed by atoms with E-state index in [1.165, 1.54) is 19.3 Å². The van der Waals surface area contributed by atoms with Crippen molar-refractivity contribution in [2.75, 3.05) is 13.2 Å². The average molecular weight is 333 g/mol. The number of carbonyl (C=O) groups excluding carboxylic acids is 2. The van der Waals surface area contributed by atoms with Crippen LogP contribution in [-0.2, 0) is 4.79 Å². The van der Waals surface area contributed by atoms with Crippen LogP contribution in [0.2, 0.25) is 0 Å². The highest BCUT2D eigenvalue weighted by Gasteiger charge is 2.23. The molecular formula is C18H27N3O3. The lowest BCUT2D eigenvalue weighted by atomic mass is 9.84. The highest BCUT2D eigenvalue weighted by Crippen LogP contribution is 2.26. The Morgan fingerprint density at radius 3 is 2.67 bits per heavy atom. The Kier molecular flexibility index (Phi) is 7.06. The van der Waals surface area contributed by atoms with Crippen molar-refractivity contribution in [3.8, 4) is 5.75 Å². The van der Waals surface area contributed by atoms with Crippen LogP contribution in [0.25, 0.3) is 0 Å². The first-order valence-electron chi connectivity index (χ1n) is 8.62. The van der Waals surface area contributed by atoms with E-state index in [4.69, 9.17) is 16.2 Å². The number of hydrogen-bond acceptors (Lipinski definition) is 4. The summed E-state index contributed by atoms with van der Waals surface area (Å²) < 4.78 is 5.53. The molecule has 1 aromatic carbocycles. The number of nitrogens with one attached hydrogen (secondary N) is 1. The third-order valence-electron chi connectivity index (χ3n) is 4.54. The summed E-state index contributed by atoms with van der Waals surface area (Å²) >= 11 is 0. The predicted molar refractivity (Wildman–Crippen MR) is 92.6 cm³/mol. The molecule has 0 bridgehead atoms. The average Bonchev–Trinajstić information content (AvgIpc) is 2.60. The monoisotopic (exact) mass is 333 g/mol. The smallest absolute Gasteiger partial charge is 0.248 e. The summed E-state index contributed by atoms with van der Waals surface area (Å²) in [6, 6.07) is 6.68. The molecule has 1 aromatic rings. The molecule has 0 aromatic heterocycles. The Balaban J connectivity index is 1.76. The molecule has 1 fully saturated rings. The van der Waals surface area contributed by atoms with Gasteiger partial charge in [0.05, 0.1) is 13.0 Å². The van der Waals surface area contributed by atoms with Gasteiger partial charge in [-0.25, -0.2) is 0 Å². The Morgan fingerprint density at radius 2 is 2.00 bits per heavy atom. The maximum atomic E-state index is 12.1. The summed E-state index contributed by atoms with van der Waals surface area (Å²) in [4.78, 5) is 23.2. The van der Waals surface area contributed by atoms with Gasteiger partial charge in [0.25, 0.3) is 0 Å². The molecule has 0 radical (unpaired) electrons. The number of ether oxygens (including phenoxy) is 1. The normalized spacial score (nSPS) is 16.4. The van der Waals surface area contributed by atoms with Crippen LogP contribution in [0.15, 0.2) is 24.3 Å². The van der Waals surface area contributed by atoms with Crippen LogP contribution in [0, 0.1) is 5.92 Å². The molecule has 0 saturated heterocycles. The van der Waals surface area contributed by atoms with Crippen LogP contribution in [-0.4, -0.2) is 31.0 Å². The zero-order valence-electron chi connectivity index (χ0n) is 14.0. The van der Waals surface area contributed by atoms with E-state index < -0.39 is 5.91 Å². The molecule has 24 heavy (non-hydrogen) atoms. The van der Waals surface area contributed by atoms with Crippen molar-refractivity contribution in [3.05, 3.63) is 29.8 Å². The highest BCUT2D eigenvalue weighted by atomic mass is 16.5. The molecule has 1 saturated carbocycles. The van der Waals surface area contributed by atoms with E-state index in [0.29, 0.717) is 23.8 Å². The number of primary amides is 1. The van der Waals surface area contributed by atoms with Crippen LogP contribution in [0.4, 0.5) is 0 Å². The molecule has 0 heterocycles. The van der Waals surface area contributed by atoms with Crippen molar-refractivity contribution < 1.29 is 14.3 Å². The van der Waals surface area contributed by atoms with E-state index >= 15 is 0 Å². The maximum Gasteiger partial charge on any atom is 0.248 e. The Hall–Kier alpha value is -2.08. The molecule has 2 rings (SSSR count). The molecule has 1 unspecified atom stereocenters. The van der Waals surface area contributed by atoms with E-state index in [1.54, 1.807) is 24.3 Å². The van der Waals surface area contributed by atoms with Crippen LogP contribution < -0.4 is 21.5 Å². The number of nitrogens with two attached hydrogens (primary N) is 2. The van der Waals surface area contributed by atoms with Crippen molar-refractivity contribution in [2.45, 2.75) is 44.6 Å². The van der Waals surface area contributed by atoms with Gasteiger partial charge in [-0.05, 0) is 37.0 Å². The lowest BCUT2D eigenvalue weighted by molar-refractivity contribution is -0.122. The van der Waals surface area contributed by atoms with E-state index in [9.17, 15) is 9.59 Å². The van der Waals surface area contributed by atoms with E-state index in [0.717, 1.165) is 12.8 Å². The Bertz CT molecular complexity index is 556. The molecule has 1 aliphatic rings. The first-order chi connectivity index (χ1) is 11.6. The van der Waals surface area contributed by atoms with Gasteiger partial charge in [-0.2, -0.15) is 0 Å². The van der Waals surface area contributed by atoms with Gasteiger partial charge in [0.15, 0.2) is 0 Å². The van der Waals surface area contributed by atoms with E-state index in [1.807, 2.05) is 0 Å². The second-order valence-electron chi connectivity index (χ2n) is 6.30. The minimum absolute atomic E-state index is 0.0518. The number of benzene rings is 1. The minimum Gasteiger partial charge on any atom is -0.493 e. The van der Waals surface area contributed by atoms with Crippen molar-refractivity contribution in [3.63, 3.8) is 0 Å². The third-order valence-corrected chi connectivity index (χ3v) is 4.54. The molecule has 1 atom stereocenters. The van der Waals surface area contributed by atoms with Gasteiger partial charge in [-0.3, -0.25) is 9.59 Å². The van der Waals surface area contributed by atoms with Gasteiger partial charge in [0.1, 0.15) is 5.75 Å². The third kappa shape index (κ3) is 5.53. The molecule has 132 valence electrons. The van der Waals surface area contributed by atoms with Gasteiger partial charge in [0, 0.05) is 18.2 Å². The standard InChI is InChI=1S/C18H27N3O3/c19-12-16(13-5-2-1-3-6-13)21-17(22)9-10-24-15-8-4-7-14(11-15)18(20)23/h4,7-8,11,13,16H,1-3,5-6,9-10,12,19H2,(H2,20,23)(H,21,22). The summed E-state index contributed by atoms with van der Waals surface area (Å²) in [5.41, 5.74) is 11.4. The highest BCUT2D eigenvalue weighted by molar-refractivity contribution is 5.93. The molecule has 1 aliphatic carbocycles. The lowest BCUT2D eigenvalue weighted by Gasteiger charge is -2.30. The summed E-state index contributed by atoms with van der Waals surface area (Å²) in [6.07, 6.45) is 6.24. The number of amides is 2. The minimum atomic E-state index is -0.503. The lowest BCUT2D eigenvalue weighted by Crippen LogP contribution is -2.46. The van der Waals surface area contributed by atoms with Gasteiger partial charge >= 0.3 is 0 Å². The Labute approximate surface area is 142 Å². The molecule has 0 spiro atoms. The fourth-order valence-corrected chi connectivity index (χ4v) is 3.19. The number of rotatable bonds is 8. The quantitative estimate of drug-likeness (QED) is 0.671. The number of carbonyl (C=O) groups is 2. The molecule has 6 nitrogen and oxygen atoms in total. The fourth-order valence-electron chi connectivity index (χ4n) is 3.19. The predicted octanol–water partition coefficient (Wildman–Crippen LogP) is 1.58. The van der Waals surface area contributed by atoms with Crippen molar-refractivity contribution in [1.29, 1.82) is 0 Å². The molecular weight excluding hydrogens is 306 g/mol.